The van der Waals surface area contributed by atoms with Gasteiger partial charge in [0.15, 0.2) is 9.74 Å². The van der Waals surface area contributed by atoms with Crippen LogP contribution >= 0.6 is 23.5 Å². The summed E-state index contributed by atoms with van der Waals surface area (Å²) in [6.07, 6.45) is 0.535. The molecule has 0 saturated carbocycles. The number of halogens is 1. The van der Waals surface area contributed by atoms with Gasteiger partial charge in [-0.25, -0.2) is 4.39 Å². The van der Waals surface area contributed by atoms with Crippen LogP contribution < -0.4 is 18.9 Å². The minimum absolute atomic E-state index is 0.0865. The van der Waals surface area contributed by atoms with E-state index in [-0.39, 0.29) is 37.7 Å². The smallest absolute Gasteiger partial charge is 0.225 e. The Morgan fingerprint density at radius 1 is 0.647 bits per heavy atom. The summed E-state index contributed by atoms with van der Waals surface area (Å²) in [5.41, 5.74) is 2.78. The van der Waals surface area contributed by atoms with Crippen molar-refractivity contribution in [3.8, 4) is 23.0 Å². The summed E-state index contributed by atoms with van der Waals surface area (Å²) in [4.78, 5) is 30.7. The van der Waals surface area contributed by atoms with Crippen LogP contribution in [-0.4, -0.2) is 60.6 Å². The molecule has 2 heterocycles. The Hall–Kier alpha value is -4.35. The molecule has 4 aromatic carbocycles. The lowest BCUT2D eigenvalue weighted by Gasteiger charge is -2.62. The van der Waals surface area contributed by atoms with Gasteiger partial charge in [-0.3, -0.25) is 9.59 Å². The van der Waals surface area contributed by atoms with Crippen molar-refractivity contribution in [3.63, 3.8) is 0 Å². The molecule has 8 nitrogen and oxygen atoms in total. The highest BCUT2D eigenvalue weighted by Gasteiger charge is 2.67. The number of rotatable bonds is 13. The Morgan fingerprint density at radius 2 is 1.12 bits per heavy atom. The number of benzene rings is 4. The molecule has 0 radical (unpaired) electrons. The Morgan fingerprint density at radius 3 is 1.61 bits per heavy atom. The minimum Gasteiger partial charge on any atom is -0.496 e. The van der Waals surface area contributed by atoms with Crippen molar-refractivity contribution in [2.24, 2.45) is 0 Å². The zero-order chi connectivity index (χ0) is 36.0. The van der Waals surface area contributed by atoms with E-state index in [1.165, 1.54) is 12.1 Å². The molecule has 2 saturated heterocycles. The second-order valence-corrected chi connectivity index (χ2v) is 14.6. The van der Waals surface area contributed by atoms with Gasteiger partial charge >= 0.3 is 0 Å². The van der Waals surface area contributed by atoms with E-state index in [4.69, 9.17) is 18.9 Å². The number of carbonyl (C=O) groups is 2. The van der Waals surface area contributed by atoms with Gasteiger partial charge in [-0.2, -0.15) is 0 Å². The first-order chi connectivity index (χ1) is 24.8. The maximum absolute atomic E-state index is 14.9. The quantitative estimate of drug-likeness (QED) is 0.137. The van der Waals surface area contributed by atoms with E-state index in [9.17, 15) is 14.0 Å². The van der Waals surface area contributed by atoms with Crippen LogP contribution in [0.4, 0.5) is 4.39 Å². The van der Waals surface area contributed by atoms with E-state index in [1.54, 1.807) is 43.8 Å². The number of hydrogen-bond acceptors (Lipinski definition) is 8. The Labute approximate surface area is 307 Å². The molecule has 6 rings (SSSR count). The summed E-state index contributed by atoms with van der Waals surface area (Å²) in [6, 6.07) is 27.4. The lowest BCUT2D eigenvalue weighted by molar-refractivity contribution is -0.148. The normalized spacial score (nSPS) is 20.6. The molecular weight excluding hydrogens is 688 g/mol. The van der Waals surface area contributed by atoms with Crippen LogP contribution in [0, 0.1) is 5.82 Å². The molecule has 4 aromatic rings. The van der Waals surface area contributed by atoms with Crippen LogP contribution in [0.1, 0.15) is 48.9 Å². The van der Waals surface area contributed by atoms with Crippen molar-refractivity contribution in [2.45, 2.75) is 49.5 Å². The number of nitrogens with zero attached hydrogens (tertiary/aromatic N) is 2. The molecule has 268 valence electrons. The van der Waals surface area contributed by atoms with Crippen LogP contribution in [0.25, 0.3) is 0 Å². The Kier molecular flexibility index (Phi) is 11.4. The second kappa shape index (κ2) is 15.9. The Balaban J connectivity index is 1.76. The number of carbonyl (C=O) groups excluding carboxylic acids is 2. The topological polar surface area (TPSA) is 77.5 Å². The standard InChI is InChI=1S/C40H43FN2O6S2/c1-5-48-35-17-9-7-15-31(35)39(42(37(44)21-23-50-39)26-28-13-11-14-29(41)25-28)40(32-16-8-10-18-36(32)49-6-2)43(38(45)22-24-51-40)27-30-33(46-3)19-12-20-34(30)47-4/h7-20,25H,5-6,21-24,26-27H2,1-4H3. The highest BCUT2D eigenvalue weighted by atomic mass is 32.2. The minimum atomic E-state index is -1.32. The van der Waals surface area contributed by atoms with E-state index < -0.39 is 15.6 Å². The zero-order valence-electron chi connectivity index (χ0n) is 29.4. The molecule has 2 fully saturated rings. The molecule has 51 heavy (non-hydrogen) atoms. The third kappa shape index (κ3) is 6.62. The zero-order valence-corrected chi connectivity index (χ0v) is 31.0. The van der Waals surface area contributed by atoms with Gasteiger partial charge < -0.3 is 28.7 Å². The highest BCUT2D eigenvalue weighted by Crippen LogP contribution is 2.67. The lowest BCUT2D eigenvalue weighted by atomic mass is 9.85. The number of hydrogen-bond donors (Lipinski definition) is 0. The van der Waals surface area contributed by atoms with E-state index in [2.05, 4.69) is 0 Å². The monoisotopic (exact) mass is 730 g/mol. The average Bonchev–Trinajstić information content (AvgIpc) is 3.14. The van der Waals surface area contributed by atoms with E-state index in [1.807, 2.05) is 96.4 Å². The molecule has 11 heteroatoms. The van der Waals surface area contributed by atoms with Gasteiger partial charge in [-0.1, -0.05) is 54.6 Å². The van der Waals surface area contributed by atoms with E-state index in [0.29, 0.717) is 58.8 Å². The van der Waals surface area contributed by atoms with Crippen LogP contribution in [-0.2, 0) is 32.4 Å². The fourth-order valence-corrected chi connectivity index (χ4v) is 10.9. The predicted octanol–water partition coefficient (Wildman–Crippen LogP) is 7.98. The van der Waals surface area contributed by atoms with E-state index in [0.717, 1.165) is 11.1 Å². The largest absolute Gasteiger partial charge is 0.496 e. The number of thioether (sulfide) groups is 2. The molecule has 0 bridgehead atoms. The molecular formula is C40H43FN2O6S2. The average molecular weight is 731 g/mol. The van der Waals surface area contributed by atoms with Gasteiger partial charge in [-0.15, -0.1) is 23.5 Å². The SMILES string of the molecule is CCOc1ccccc1C1(C2(c3ccccc3OCC)SCCC(=O)N2Cc2c(OC)cccc2OC)SCCC(=O)N1Cc1cccc(F)c1. The molecule has 2 aliphatic rings. The van der Waals surface area contributed by atoms with Crippen LogP contribution in [0.5, 0.6) is 23.0 Å². The number of para-hydroxylation sites is 2. The van der Waals surface area contributed by atoms with Crippen molar-refractivity contribution in [1.29, 1.82) is 0 Å². The van der Waals surface area contributed by atoms with Crippen molar-refractivity contribution < 1.29 is 32.9 Å². The first kappa shape index (κ1) is 36.4. The Bertz CT molecular complexity index is 1850. The maximum Gasteiger partial charge on any atom is 0.225 e. The molecule has 0 N–H and O–H groups in total. The molecule has 0 spiro atoms. The maximum atomic E-state index is 14.9. The predicted molar refractivity (Wildman–Crippen MR) is 200 cm³/mol. The second-order valence-electron chi connectivity index (χ2n) is 12.1. The third-order valence-electron chi connectivity index (χ3n) is 9.26. The van der Waals surface area contributed by atoms with Crippen LogP contribution in [0.15, 0.2) is 91.0 Å². The third-order valence-corrected chi connectivity index (χ3v) is 12.5. The molecule has 0 aromatic heterocycles. The van der Waals surface area contributed by atoms with E-state index >= 15 is 0 Å². The summed E-state index contributed by atoms with van der Waals surface area (Å²) >= 11 is 3.21. The number of methoxy groups -OCH3 is 2. The van der Waals surface area contributed by atoms with Gasteiger partial charge in [0.05, 0.1) is 39.5 Å². The molecule has 0 aliphatic carbocycles. The highest BCUT2D eigenvalue weighted by molar-refractivity contribution is 8.04. The van der Waals surface area contributed by atoms with Gasteiger partial charge in [-0.05, 0) is 55.8 Å². The molecule has 2 atom stereocenters. The summed E-state index contributed by atoms with van der Waals surface area (Å²) in [5, 5.41) is 0. The van der Waals surface area contributed by atoms with Crippen molar-refractivity contribution in [3.05, 3.63) is 119 Å². The van der Waals surface area contributed by atoms with Gasteiger partial charge in [0, 0.05) is 42.0 Å². The summed E-state index contributed by atoms with van der Waals surface area (Å²) in [5.74, 6) is 2.64. The fourth-order valence-electron chi connectivity index (χ4n) is 7.24. The first-order valence-electron chi connectivity index (χ1n) is 17.1. The summed E-state index contributed by atoms with van der Waals surface area (Å²) in [7, 11) is 3.19. The lowest BCUT2D eigenvalue weighted by Crippen LogP contribution is -2.68. The summed E-state index contributed by atoms with van der Waals surface area (Å²) in [6.45, 7) is 4.80. The fraction of sp³-hybridized carbons (Fsp3) is 0.350. The molecule has 2 aliphatic heterocycles. The van der Waals surface area contributed by atoms with Crippen LogP contribution in [0.3, 0.4) is 0 Å². The van der Waals surface area contributed by atoms with Gasteiger partial charge in [0.1, 0.15) is 28.8 Å². The van der Waals surface area contributed by atoms with Gasteiger partial charge in [0.2, 0.25) is 11.8 Å². The van der Waals surface area contributed by atoms with Gasteiger partial charge in [0.25, 0.3) is 0 Å². The van der Waals surface area contributed by atoms with Crippen molar-refractivity contribution >= 4 is 35.3 Å². The number of amides is 2. The van der Waals surface area contributed by atoms with Crippen molar-refractivity contribution in [2.75, 3.05) is 38.9 Å². The van der Waals surface area contributed by atoms with Crippen LogP contribution in [0.2, 0.25) is 0 Å². The first-order valence-corrected chi connectivity index (χ1v) is 19.1. The molecule has 2 amide bonds. The molecule has 2 unspecified atom stereocenters. The number of ether oxygens (including phenoxy) is 4. The van der Waals surface area contributed by atoms with Crippen molar-refractivity contribution in [1.82, 2.24) is 9.80 Å². The summed E-state index contributed by atoms with van der Waals surface area (Å²) < 4.78 is 39.3.